The number of aromatic hydroxyl groups is 1. The minimum absolute atomic E-state index is 0.00221. The molecule has 1 aromatic heterocycles. The van der Waals surface area contributed by atoms with Gasteiger partial charge in [0.15, 0.2) is 23.0 Å². The monoisotopic (exact) mass is 277 g/mol. The summed E-state index contributed by atoms with van der Waals surface area (Å²) in [5.41, 5.74) is 11.7. The zero-order valence-electron chi connectivity index (χ0n) is 10.6. The van der Waals surface area contributed by atoms with Crippen LogP contribution in [0.2, 0.25) is 0 Å². The van der Waals surface area contributed by atoms with Gasteiger partial charge in [-0.3, -0.25) is 0 Å². The molecule has 0 spiro atoms. The molecule has 104 valence electrons. The van der Waals surface area contributed by atoms with Crippen molar-refractivity contribution in [2.45, 2.75) is 0 Å². The third kappa shape index (κ3) is 2.66. The number of rotatable bonds is 4. The molecule has 0 fully saturated rings. The van der Waals surface area contributed by atoms with E-state index in [1.807, 2.05) is 0 Å². The summed E-state index contributed by atoms with van der Waals surface area (Å²) in [7, 11) is 1.46. The SMILES string of the molecule is COc1cccc(/C=[NH+]/N=C(N)c2nonc2N)c1O. The molecule has 0 aliphatic rings. The van der Waals surface area contributed by atoms with Crippen LogP contribution in [0.3, 0.4) is 0 Å². The van der Waals surface area contributed by atoms with Crippen molar-refractivity contribution in [3.05, 3.63) is 29.5 Å². The van der Waals surface area contributed by atoms with Crippen LogP contribution in [0.1, 0.15) is 11.3 Å². The second kappa shape index (κ2) is 5.69. The summed E-state index contributed by atoms with van der Waals surface area (Å²) in [5.74, 6) is 0.376. The summed E-state index contributed by atoms with van der Waals surface area (Å²) in [6.45, 7) is 0. The van der Waals surface area contributed by atoms with Crippen molar-refractivity contribution < 1.29 is 19.6 Å². The molecule has 2 rings (SSSR count). The maximum Gasteiger partial charge on any atom is 0.224 e. The Morgan fingerprint density at radius 2 is 2.30 bits per heavy atom. The van der Waals surface area contributed by atoms with E-state index in [0.717, 1.165) is 0 Å². The first-order chi connectivity index (χ1) is 9.63. The number of benzene rings is 1. The molecule has 20 heavy (non-hydrogen) atoms. The van der Waals surface area contributed by atoms with Crippen LogP contribution in [0.4, 0.5) is 5.82 Å². The summed E-state index contributed by atoms with van der Waals surface area (Å²) in [5, 5.41) is 23.1. The molecule has 2 aromatic rings. The Hall–Kier alpha value is -3.10. The molecule has 6 N–H and O–H groups in total. The number of aromatic nitrogens is 2. The zero-order chi connectivity index (χ0) is 14.5. The van der Waals surface area contributed by atoms with E-state index < -0.39 is 0 Å². The average Bonchev–Trinajstić information content (AvgIpc) is 2.87. The van der Waals surface area contributed by atoms with Gasteiger partial charge in [-0.05, 0) is 22.4 Å². The number of anilines is 1. The molecule has 9 nitrogen and oxygen atoms in total. The van der Waals surface area contributed by atoms with Crippen molar-refractivity contribution in [2.75, 3.05) is 12.8 Å². The van der Waals surface area contributed by atoms with Crippen molar-refractivity contribution in [2.24, 2.45) is 10.8 Å². The van der Waals surface area contributed by atoms with Gasteiger partial charge in [0.05, 0.1) is 12.7 Å². The lowest BCUT2D eigenvalue weighted by molar-refractivity contribution is -0.456. The molecular weight excluding hydrogens is 264 g/mol. The first kappa shape index (κ1) is 13.3. The Morgan fingerprint density at radius 3 is 2.95 bits per heavy atom. The number of ether oxygens (including phenoxy) is 1. The van der Waals surface area contributed by atoms with Crippen molar-refractivity contribution in [1.82, 2.24) is 10.3 Å². The van der Waals surface area contributed by atoms with Crippen LogP contribution in [-0.4, -0.2) is 34.6 Å². The number of hydrogen-bond donors (Lipinski definition) is 4. The summed E-state index contributed by atoms with van der Waals surface area (Å²) in [6, 6.07) is 5.02. The fourth-order valence-electron chi connectivity index (χ4n) is 1.42. The molecule has 9 heteroatoms. The van der Waals surface area contributed by atoms with Gasteiger partial charge in [-0.2, -0.15) is 0 Å². The van der Waals surface area contributed by atoms with Crippen LogP contribution in [-0.2, 0) is 0 Å². The third-order valence-corrected chi connectivity index (χ3v) is 2.41. The number of phenolic OH excluding ortho intramolecular Hbond substituents is 1. The summed E-state index contributed by atoms with van der Waals surface area (Å²) >= 11 is 0. The van der Waals surface area contributed by atoms with Gasteiger partial charge < -0.3 is 21.3 Å². The number of methoxy groups -OCH3 is 1. The van der Waals surface area contributed by atoms with Gasteiger partial charge in [0.25, 0.3) is 0 Å². The molecule has 1 heterocycles. The van der Waals surface area contributed by atoms with Crippen LogP contribution in [0.25, 0.3) is 0 Å². The average molecular weight is 277 g/mol. The van der Waals surface area contributed by atoms with Gasteiger partial charge in [-0.25, -0.2) is 4.63 Å². The first-order valence-corrected chi connectivity index (χ1v) is 5.49. The Bertz CT molecular complexity index is 664. The van der Waals surface area contributed by atoms with Crippen LogP contribution in [0, 0.1) is 0 Å². The second-order valence-corrected chi connectivity index (χ2v) is 3.67. The maximum absolute atomic E-state index is 9.85. The van der Waals surface area contributed by atoms with Crippen LogP contribution in [0.5, 0.6) is 11.5 Å². The Morgan fingerprint density at radius 1 is 1.50 bits per heavy atom. The largest absolute Gasteiger partial charge is 0.504 e. The highest BCUT2D eigenvalue weighted by Gasteiger charge is 2.12. The normalized spacial score (nSPS) is 11.9. The molecule has 0 radical (unpaired) electrons. The molecule has 0 saturated carbocycles. The molecular formula is C11H13N6O3+. The number of nitrogen functional groups attached to an aromatic ring is 1. The predicted octanol–water partition coefficient (Wildman–Crippen LogP) is -1.81. The summed E-state index contributed by atoms with van der Waals surface area (Å²) < 4.78 is 9.38. The molecule has 0 unspecified atom stereocenters. The smallest absolute Gasteiger partial charge is 0.224 e. The fourth-order valence-corrected chi connectivity index (χ4v) is 1.42. The number of nitrogens with two attached hydrogens (primary N) is 2. The molecule has 0 bridgehead atoms. The van der Waals surface area contributed by atoms with Gasteiger partial charge in [0, 0.05) is 5.10 Å². The lowest BCUT2D eigenvalue weighted by Gasteiger charge is -2.02. The zero-order valence-corrected chi connectivity index (χ0v) is 10.6. The minimum atomic E-state index is -0.0149. The van der Waals surface area contributed by atoms with E-state index in [-0.39, 0.29) is 23.1 Å². The van der Waals surface area contributed by atoms with E-state index in [0.29, 0.717) is 11.3 Å². The summed E-state index contributed by atoms with van der Waals surface area (Å²) in [6.07, 6.45) is 1.44. The van der Waals surface area contributed by atoms with E-state index in [4.69, 9.17) is 16.2 Å². The molecule has 0 saturated heterocycles. The van der Waals surface area contributed by atoms with Crippen molar-refractivity contribution >= 4 is 17.9 Å². The number of para-hydroxylation sites is 1. The fraction of sp³-hybridized carbons (Fsp3) is 0.0909. The minimum Gasteiger partial charge on any atom is -0.504 e. The molecule has 0 amide bonds. The molecule has 0 atom stereocenters. The van der Waals surface area contributed by atoms with Crippen molar-refractivity contribution in [3.8, 4) is 11.5 Å². The number of hydrazone groups is 1. The van der Waals surface area contributed by atoms with Crippen LogP contribution in [0.15, 0.2) is 27.9 Å². The van der Waals surface area contributed by atoms with Crippen LogP contribution < -0.4 is 21.3 Å². The highest BCUT2D eigenvalue weighted by molar-refractivity contribution is 5.98. The quantitative estimate of drug-likeness (QED) is 0.292. The molecule has 1 aromatic carbocycles. The van der Waals surface area contributed by atoms with Crippen LogP contribution >= 0.6 is 0 Å². The highest BCUT2D eigenvalue weighted by Crippen LogP contribution is 2.27. The van der Waals surface area contributed by atoms with Gasteiger partial charge in [0.2, 0.25) is 12.1 Å². The lowest BCUT2D eigenvalue weighted by atomic mass is 10.2. The third-order valence-electron chi connectivity index (χ3n) is 2.41. The first-order valence-electron chi connectivity index (χ1n) is 5.49. The second-order valence-electron chi connectivity index (χ2n) is 3.67. The van der Waals surface area contributed by atoms with Gasteiger partial charge in [-0.15, -0.1) is 5.10 Å². The topological polar surface area (TPSA) is 147 Å². The highest BCUT2D eigenvalue weighted by atomic mass is 16.6. The number of amidine groups is 1. The van der Waals surface area contributed by atoms with E-state index in [2.05, 4.69) is 25.1 Å². The van der Waals surface area contributed by atoms with E-state index in [9.17, 15) is 5.11 Å². The maximum atomic E-state index is 9.85. The predicted molar refractivity (Wildman–Crippen MR) is 70.2 cm³/mol. The Labute approximate surface area is 113 Å². The van der Waals surface area contributed by atoms with Gasteiger partial charge in [-0.1, -0.05) is 6.07 Å². The molecule has 0 aliphatic heterocycles. The number of phenols is 1. The van der Waals surface area contributed by atoms with Gasteiger partial charge in [0.1, 0.15) is 0 Å². The number of nitrogens with one attached hydrogen (secondary N) is 1. The summed E-state index contributed by atoms with van der Waals surface area (Å²) in [4.78, 5) is 0. The van der Waals surface area contributed by atoms with E-state index in [1.54, 1.807) is 18.2 Å². The van der Waals surface area contributed by atoms with E-state index >= 15 is 0 Å². The number of hydrogen-bond acceptors (Lipinski definition) is 7. The molecule has 0 aliphatic carbocycles. The Kier molecular flexibility index (Phi) is 3.80. The standard InChI is InChI=1S/C11H12N6O3/c1-19-7-4-2-3-6(9(7)18)5-14-15-10(12)8-11(13)17-20-16-8/h2-5,18H,1H3,(H2,12,15)(H2,13,17)/p+1/b14-5+. The van der Waals surface area contributed by atoms with Gasteiger partial charge >= 0.3 is 0 Å². The lowest BCUT2D eigenvalue weighted by Crippen LogP contribution is -2.63. The van der Waals surface area contributed by atoms with Crippen molar-refractivity contribution in [3.63, 3.8) is 0 Å². The number of nitrogens with zero attached hydrogens (tertiary/aromatic N) is 3. The van der Waals surface area contributed by atoms with E-state index in [1.165, 1.54) is 13.3 Å². The Balaban J connectivity index is 2.20. The van der Waals surface area contributed by atoms with Crippen molar-refractivity contribution in [1.29, 1.82) is 0 Å².